The second-order valence-corrected chi connectivity index (χ2v) is 11.7. The predicted molar refractivity (Wildman–Crippen MR) is 24.4 cm³/mol. The molecule has 0 aliphatic rings. The Morgan fingerprint density at radius 2 is 1.00 bits per heavy atom. The van der Waals surface area contributed by atoms with Gasteiger partial charge in [0.25, 0.3) is 0 Å². The first kappa shape index (κ1) is 4.87. The van der Waals surface area contributed by atoms with Crippen LogP contribution in [0.3, 0.4) is 0 Å². The minimum Gasteiger partial charge on any atom is -0.00330 e. The van der Waals surface area contributed by atoms with Crippen LogP contribution in [0.15, 0.2) is 0 Å². The molecule has 0 rings (SSSR count). The highest BCUT2D eigenvalue weighted by molar-refractivity contribution is 7.49. The van der Waals surface area contributed by atoms with Crippen LogP contribution in [0.1, 0.15) is 0 Å². The number of hydrogen-bond donors (Lipinski definition) is 0. The molecule has 0 aromatic carbocycles. The molecule has 9 radical (unpaired) electrons. The minimum atomic E-state index is -0.722. The second kappa shape index (κ2) is 2.13. The van der Waals surface area contributed by atoms with Crippen LogP contribution in [-0.2, 0) is 0 Å². The predicted octanol–water partition coefficient (Wildman–Crippen LogP) is -1.79. The molecular weight excluding hydrogens is 112 g/mol. The first-order valence-corrected chi connectivity index (χ1v) is 7.79. The smallest absolute Gasteiger partial charge is 0.000682 e. The zero-order chi connectivity index (χ0) is 3.58. The summed E-state index contributed by atoms with van der Waals surface area (Å²) in [4.78, 5) is 0. The van der Waals surface area contributed by atoms with Crippen molar-refractivity contribution in [1.29, 1.82) is 0 Å². The summed E-state index contributed by atoms with van der Waals surface area (Å²) in [5, 5.41) is 0. The fourth-order valence-corrected chi connectivity index (χ4v) is 0. The van der Waals surface area contributed by atoms with Gasteiger partial charge in [0.05, 0.1) is 0 Å². The van der Waals surface area contributed by atoms with E-state index in [4.69, 9.17) is 0 Å². The van der Waals surface area contributed by atoms with Crippen molar-refractivity contribution in [2.24, 2.45) is 0 Å². The van der Waals surface area contributed by atoms with E-state index in [0.717, 1.165) is 0 Å². The molecule has 0 aliphatic heterocycles. The second-order valence-electron chi connectivity index (χ2n) is 0.433. The zero-order valence-corrected chi connectivity index (χ0v) is 6.23. The molecule has 0 spiro atoms. The van der Waals surface area contributed by atoms with Crippen LogP contribution in [0.5, 0.6) is 0 Å². The Morgan fingerprint density at radius 3 is 1.00 bits per heavy atom. The summed E-state index contributed by atoms with van der Waals surface area (Å²) in [7, 11) is 9.11. The van der Waals surface area contributed by atoms with Crippen molar-refractivity contribution in [2.75, 3.05) is 0 Å². The van der Waals surface area contributed by atoms with Crippen LogP contribution in [0, 0.1) is 0 Å². The molecular formula is HSi4. The first-order valence-electron chi connectivity index (χ1n) is 0.866. The molecule has 0 fully saturated rings. The third kappa shape index (κ3) is 13.3. The standard InChI is InChI=1S/HSi4/c1-4(2)3/h4H. The van der Waals surface area contributed by atoms with E-state index in [0.29, 0.717) is 0 Å². The molecule has 0 heterocycles. The molecule has 0 nitrogen and oxygen atoms in total. The van der Waals surface area contributed by atoms with E-state index in [9.17, 15) is 0 Å². The van der Waals surface area contributed by atoms with Gasteiger partial charge in [0.2, 0.25) is 0 Å². The molecule has 0 amide bonds. The van der Waals surface area contributed by atoms with Gasteiger partial charge in [-0.15, -0.1) is 0 Å². The highest BCUT2D eigenvalue weighted by Gasteiger charge is 1.73. The molecule has 4 heavy (non-hydrogen) atoms. The van der Waals surface area contributed by atoms with E-state index in [1.807, 2.05) is 0 Å². The van der Waals surface area contributed by atoms with E-state index in [1.54, 1.807) is 0 Å². The normalized spacial score (nSPS) is 9.00. The van der Waals surface area contributed by atoms with Crippen molar-refractivity contribution >= 4 is 36.6 Å². The van der Waals surface area contributed by atoms with Crippen molar-refractivity contribution < 1.29 is 0 Å². The Labute approximate surface area is 37.2 Å². The first-order chi connectivity index (χ1) is 1.73. The van der Waals surface area contributed by atoms with Gasteiger partial charge in [-0.1, -0.05) is 0 Å². The zero-order valence-electron chi connectivity index (χ0n) is 2.08. The van der Waals surface area contributed by atoms with Crippen LogP contribution < -0.4 is 0 Å². The van der Waals surface area contributed by atoms with Crippen molar-refractivity contribution in [3.63, 3.8) is 0 Å². The lowest BCUT2D eigenvalue weighted by Gasteiger charge is -1.73. The lowest BCUT2D eigenvalue weighted by molar-refractivity contribution is 4.02. The van der Waals surface area contributed by atoms with Crippen molar-refractivity contribution in [3.8, 4) is 0 Å². The molecule has 0 bridgehead atoms. The molecule has 0 N–H and O–H groups in total. The SMILES string of the molecule is [Si][SiH]([Si])[Si]. The third-order valence-corrected chi connectivity index (χ3v) is 0. The van der Waals surface area contributed by atoms with Gasteiger partial charge in [-0.25, -0.2) is 0 Å². The average Bonchev–Trinajstić information content (AvgIpc) is 0.811. The fraction of sp³-hybridized carbons (Fsp3) is 0. The van der Waals surface area contributed by atoms with Gasteiger partial charge in [-0.2, -0.15) is 0 Å². The Hall–Kier alpha value is 0.868. The fourth-order valence-electron chi connectivity index (χ4n) is 0. The van der Waals surface area contributed by atoms with Crippen LogP contribution in [0.2, 0.25) is 0 Å². The summed E-state index contributed by atoms with van der Waals surface area (Å²) in [6.07, 6.45) is 0. The molecule has 0 atom stereocenters. The van der Waals surface area contributed by atoms with Gasteiger partial charge in [0, 0.05) is 0 Å². The van der Waals surface area contributed by atoms with Crippen LogP contribution >= 0.6 is 0 Å². The van der Waals surface area contributed by atoms with Crippen LogP contribution in [0.4, 0.5) is 0 Å². The highest BCUT2D eigenvalue weighted by Crippen LogP contribution is 1.35. The van der Waals surface area contributed by atoms with E-state index < -0.39 is 7.35 Å². The van der Waals surface area contributed by atoms with Crippen molar-refractivity contribution in [2.45, 2.75) is 0 Å². The summed E-state index contributed by atoms with van der Waals surface area (Å²) < 4.78 is 0. The van der Waals surface area contributed by atoms with Crippen LogP contribution in [-0.4, -0.2) is 36.6 Å². The van der Waals surface area contributed by atoms with Crippen molar-refractivity contribution in [1.82, 2.24) is 0 Å². The van der Waals surface area contributed by atoms with Gasteiger partial charge in [0.1, 0.15) is 0 Å². The van der Waals surface area contributed by atoms with Gasteiger partial charge in [-0.3, -0.25) is 0 Å². The summed E-state index contributed by atoms with van der Waals surface area (Å²) in [5.74, 6) is 0. The third-order valence-electron chi connectivity index (χ3n) is 0. The molecule has 0 unspecified atom stereocenters. The lowest BCUT2D eigenvalue weighted by Crippen LogP contribution is -2.11. The Balaban J connectivity index is 2.32. The van der Waals surface area contributed by atoms with Crippen LogP contribution in [0.25, 0.3) is 0 Å². The Morgan fingerprint density at radius 1 is 1.00 bits per heavy atom. The quantitative estimate of drug-likeness (QED) is 0.326. The molecule has 0 aliphatic carbocycles. The maximum absolute atomic E-state index is 3.28. The van der Waals surface area contributed by atoms with Gasteiger partial charge >= 0.3 is 0 Å². The van der Waals surface area contributed by atoms with Crippen molar-refractivity contribution in [3.05, 3.63) is 0 Å². The molecule has 0 saturated carbocycles. The maximum Gasteiger partial charge on any atom is -0.000682 e. The maximum atomic E-state index is 3.28. The van der Waals surface area contributed by atoms with E-state index in [1.165, 1.54) is 0 Å². The molecule has 0 aromatic heterocycles. The van der Waals surface area contributed by atoms with E-state index >= 15 is 0 Å². The topological polar surface area (TPSA) is 0 Å². The Kier molecular flexibility index (Phi) is 2.59. The van der Waals surface area contributed by atoms with Gasteiger partial charge < -0.3 is 0 Å². The number of hydrogen-bond acceptors (Lipinski definition) is 0. The minimum absolute atomic E-state index is 0.722. The largest absolute Gasteiger partial charge is 0.00330 e. The van der Waals surface area contributed by atoms with E-state index in [-0.39, 0.29) is 0 Å². The molecule has 0 aromatic rings. The monoisotopic (exact) mass is 113 g/mol. The van der Waals surface area contributed by atoms with E-state index in [2.05, 4.69) is 29.3 Å². The summed E-state index contributed by atoms with van der Waals surface area (Å²) >= 11 is 0. The number of rotatable bonds is 0. The summed E-state index contributed by atoms with van der Waals surface area (Å²) in [6, 6.07) is 0. The summed E-state index contributed by atoms with van der Waals surface area (Å²) in [6.45, 7) is 0. The Bertz CT molecular complexity index is 4.75. The molecule has 0 saturated heterocycles. The lowest BCUT2D eigenvalue weighted by atomic mass is 26.4. The van der Waals surface area contributed by atoms with Gasteiger partial charge in [0.15, 0.2) is 0 Å². The molecule has 4 heteroatoms. The molecule has 17 valence electrons. The summed E-state index contributed by atoms with van der Waals surface area (Å²) in [5.41, 5.74) is 0. The highest BCUT2D eigenvalue weighted by atomic mass is 29.8. The average molecular weight is 113 g/mol. The van der Waals surface area contributed by atoms with Gasteiger partial charge in [-0.05, 0) is 36.6 Å².